The van der Waals surface area contributed by atoms with E-state index >= 15 is 0 Å². The monoisotopic (exact) mass is 335 g/mol. The first-order chi connectivity index (χ1) is 9.72. The highest BCUT2D eigenvalue weighted by molar-refractivity contribution is 9.10. The molecule has 0 heterocycles. The summed E-state index contributed by atoms with van der Waals surface area (Å²) in [5, 5.41) is 0. The fourth-order valence-electron chi connectivity index (χ4n) is 3.42. The molecule has 0 atom stereocenters. The number of rotatable bonds is 3. The van der Waals surface area contributed by atoms with Crippen molar-refractivity contribution in [1.82, 2.24) is 0 Å². The topological polar surface area (TPSA) is 38.7 Å². The molecule has 3 rings (SSSR count). The molecule has 1 aromatic carbocycles. The molecular weight excluding hydrogens is 318 g/mol. The number of benzene rings is 1. The lowest BCUT2D eigenvalue weighted by molar-refractivity contribution is 0.245. The van der Waals surface area contributed by atoms with Gasteiger partial charge in [0.15, 0.2) is 0 Å². The molecule has 106 valence electrons. The largest absolute Gasteiger partial charge is 0.495 e. The van der Waals surface area contributed by atoms with Gasteiger partial charge in [0, 0.05) is 5.56 Å². The molecule has 0 aliphatic heterocycles. The molecule has 1 aromatic rings. The number of methoxy groups -OCH3 is 1. The number of aryl methyl sites for hydroxylation is 1. The zero-order valence-corrected chi connectivity index (χ0v) is 13.3. The number of isocyanates is 1. The molecule has 0 bridgehead atoms. The van der Waals surface area contributed by atoms with Crippen molar-refractivity contribution in [2.45, 2.75) is 50.5 Å². The number of carbonyl (C=O) groups excluding carboxylic acids is 1. The second-order valence-corrected chi connectivity index (χ2v) is 6.50. The van der Waals surface area contributed by atoms with Crippen molar-refractivity contribution in [3.63, 3.8) is 0 Å². The van der Waals surface area contributed by atoms with Gasteiger partial charge < -0.3 is 4.74 Å². The Bertz CT molecular complexity index is 587. The Morgan fingerprint density at radius 3 is 2.65 bits per heavy atom. The molecule has 0 radical (unpaired) electrons. The first kappa shape index (κ1) is 13.8. The predicted molar refractivity (Wildman–Crippen MR) is 81.0 cm³/mol. The molecule has 0 N–H and O–H groups in total. The maximum absolute atomic E-state index is 10.8. The molecule has 1 saturated carbocycles. The minimum atomic E-state index is -0.401. The Kier molecular flexibility index (Phi) is 3.70. The van der Waals surface area contributed by atoms with E-state index in [9.17, 15) is 4.79 Å². The third-order valence-corrected chi connectivity index (χ3v) is 5.52. The molecule has 0 aromatic heterocycles. The number of hydrogen-bond acceptors (Lipinski definition) is 3. The van der Waals surface area contributed by atoms with Gasteiger partial charge in [-0.05, 0) is 78.1 Å². The molecule has 2 aliphatic rings. The maximum Gasteiger partial charge on any atom is 0.235 e. The lowest BCUT2D eigenvalue weighted by atomic mass is 9.71. The van der Waals surface area contributed by atoms with Crippen molar-refractivity contribution in [3.8, 4) is 5.75 Å². The van der Waals surface area contributed by atoms with Gasteiger partial charge in [-0.25, -0.2) is 4.79 Å². The van der Waals surface area contributed by atoms with Gasteiger partial charge in [-0.1, -0.05) is 0 Å². The summed E-state index contributed by atoms with van der Waals surface area (Å²) in [6.07, 6.45) is 9.33. The van der Waals surface area contributed by atoms with Crippen LogP contribution in [0.1, 0.15) is 48.8 Å². The Hall–Kier alpha value is -1.12. The molecule has 0 amide bonds. The smallest absolute Gasteiger partial charge is 0.235 e. The minimum absolute atomic E-state index is 0.401. The van der Waals surface area contributed by atoms with Gasteiger partial charge in [-0.3, -0.25) is 0 Å². The lowest BCUT2D eigenvalue weighted by Gasteiger charge is -2.39. The standard InChI is InChI=1S/C16H18BrNO2/c1-20-15-13(16(18-10-19)7-4-8-16)9-11-5-2-3-6-12(11)14(15)17/h9H,2-8H2,1H3. The Morgan fingerprint density at radius 1 is 1.30 bits per heavy atom. The van der Waals surface area contributed by atoms with Crippen LogP contribution in [-0.4, -0.2) is 13.2 Å². The van der Waals surface area contributed by atoms with Crippen LogP contribution in [0.5, 0.6) is 5.75 Å². The van der Waals surface area contributed by atoms with Crippen LogP contribution in [0, 0.1) is 0 Å². The van der Waals surface area contributed by atoms with E-state index in [0.717, 1.165) is 47.9 Å². The average molecular weight is 336 g/mol. The van der Waals surface area contributed by atoms with Crippen LogP contribution >= 0.6 is 15.9 Å². The number of hydrogen-bond donors (Lipinski definition) is 0. The second-order valence-electron chi connectivity index (χ2n) is 5.70. The highest BCUT2D eigenvalue weighted by atomic mass is 79.9. The number of ether oxygens (including phenoxy) is 1. The van der Waals surface area contributed by atoms with Crippen LogP contribution < -0.4 is 4.74 Å². The average Bonchev–Trinajstić information content (AvgIpc) is 2.43. The van der Waals surface area contributed by atoms with Crippen LogP contribution in [-0.2, 0) is 23.2 Å². The molecule has 0 spiro atoms. The summed E-state index contributed by atoms with van der Waals surface area (Å²) in [7, 11) is 1.69. The normalized spacial score (nSPS) is 19.5. The Labute approximate surface area is 127 Å². The zero-order chi connectivity index (χ0) is 14.2. The molecule has 3 nitrogen and oxygen atoms in total. The molecule has 4 heteroatoms. The zero-order valence-electron chi connectivity index (χ0n) is 11.7. The highest BCUT2D eigenvalue weighted by Gasteiger charge is 2.42. The van der Waals surface area contributed by atoms with Crippen molar-refractivity contribution in [3.05, 3.63) is 27.2 Å². The summed E-state index contributed by atoms with van der Waals surface area (Å²) in [5.74, 6) is 0.851. The summed E-state index contributed by atoms with van der Waals surface area (Å²) in [4.78, 5) is 14.9. The van der Waals surface area contributed by atoms with E-state index in [4.69, 9.17) is 4.74 Å². The second kappa shape index (κ2) is 5.34. The molecular formula is C16H18BrNO2. The van der Waals surface area contributed by atoms with Gasteiger partial charge in [-0.15, -0.1) is 0 Å². The molecule has 2 aliphatic carbocycles. The third-order valence-electron chi connectivity index (χ3n) is 4.68. The van der Waals surface area contributed by atoms with Crippen molar-refractivity contribution in [1.29, 1.82) is 0 Å². The first-order valence-corrected chi connectivity index (χ1v) is 7.99. The van der Waals surface area contributed by atoms with Gasteiger partial charge in [-0.2, -0.15) is 4.99 Å². The third kappa shape index (κ3) is 2.02. The van der Waals surface area contributed by atoms with E-state index in [2.05, 4.69) is 27.0 Å². The van der Waals surface area contributed by atoms with Crippen molar-refractivity contribution in [2.24, 2.45) is 4.99 Å². The highest BCUT2D eigenvalue weighted by Crippen LogP contribution is 2.51. The molecule has 20 heavy (non-hydrogen) atoms. The SMILES string of the molecule is COc1c(C2(N=C=O)CCC2)cc2c(c1Br)CCCC2. The van der Waals surface area contributed by atoms with E-state index in [0.29, 0.717) is 0 Å². The van der Waals surface area contributed by atoms with Crippen LogP contribution in [0.2, 0.25) is 0 Å². The van der Waals surface area contributed by atoms with E-state index in [1.165, 1.54) is 24.0 Å². The van der Waals surface area contributed by atoms with E-state index in [1.54, 1.807) is 13.2 Å². The molecule has 1 fully saturated rings. The summed E-state index contributed by atoms with van der Waals surface area (Å²) in [6, 6.07) is 2.22. The van der Waals surface area contributed by atoms with E-state index in [1.807, 2.05) is 0 Å². The summed E-state index contributed by atoms with van der Waals surface area (Å²) >= 11 is 3.71. The Balaban J connectivity index is 2.19. The number of fused-ring (bicyclic) bond motifs is 1. The quantitative estimate of drug-likeness (QED) is 0.617. The van der Waals surface area contributed by atoms with Crippen LogP contribution in [0.3, 0.4) is 0 Å². The fourth-order valence-corrected chi connectivity index (χ4v) is 4.25. The van der Waals surface area contributed by atoms with Gasteiger partial charge in [0.25, 0.3) is 0 Å². The van der Waals surface area contributed by atoms with Crippen molar-refractivity contribution >= 4 is 22.0 Å². The van der Waals surface area contributed by atoms with Gasteiger partial charge in [0.05, 0.1) is 11.6 Å². The summed E-state index contributed by atoms with van der Waals surface area (Å²) in [5.41, 5.74) is 3.40. The summed E-state index contributed by atoms with van der Waals surface area (Å²) < 4.78 is 6.69. The maximum atomic E-state index is 10.8. The van der Waals surface area contributed by atoms with Crippen molar-refractivity contribution in [2.75, 3.05) is 7.11 Å². The predicted octanol–water partition coefficient (Wildman–Crippen LogP) is 4.05. The van der Waals surface area contributed by atoms with Crippen LogP contribution in [0.4, 0.5) is 0 Å². The van der Waals surface area contributed by atoms with Crippen molar-refractivity contribution < 1.29 is 9.53 Å². The van der Waals surface area contributed by atoms with Gasteiger partial charge >= 0.3 is 0 Å². The fraction of sp³-hybridized carbons (Fsp3) is 0.562. The molecule has 0 saturated heterocycles. The van der Waals surface area contributed by atoms with E-state index < -0.39 is 5.54 Å². The first-order valence-electron chi connectivity index (χ1n) is 7.19. The minimum Gasteiger partial charge on any atom is -0.495 e. The number of halogens is 1. The van der Waals surface area contributed by atoms with E-state index in [-0.39, 0.29) is 0 Å². The summed E-state index contributed by atoms with van der Waals surface area (Å²) in [6.45, 7) is 0. The van der Waals surface area contributed by atoms with Crippen LogP contribution in [0.15, 0.2) is 15.5 Å². The van der Waals surface area contributed by atoms with Gasteiger partial charge in [0.1, 0.15) is 11.3 Å². The number of aliphatic imine (C=N–C) groups is 1. The van der Waals surface area contributed by atoms with Crippen LogP contribution in [0.25, 0.3) is 0 Å². The number of nitrogens with zero attached hydrogens (tertiary/aromatic N) is 1. The van der Waals surface area contributed by atoms with Gasteiger partial charge in [0.2, 0.25) is 6.08 Å². The molecule has 0 unspecified atom stereocenters. The lowest BCUT2D eigenvalue weighted by Crippen LogP contribution is -2.33. The Morgan fingerprint density at radius 2 is 2.05 bits per heavy atom.